The van der Waals surface area contributed by atoms with Gasteiger partial charge in [0, 0.05) is 38.3 Å². The summed E-state index contributed by atoms with van der Waals surface area (Å²) in [5, 5.41) is 0. The van der Waals surface area contributed by atoms with Gasteiger partial charge in [0.05, 0.1) is 6.54 Å². The first-order valence-electron chi connectivity index (χ1n) is 5.90. The highest BCUT2D eigenvalue weighted by Gasteiger charge is 2.32. The van der Waals surface area contributed by atoms with Crippen molar-refractivity contribution < 1.29 is 0 Å². The van der Waals surface area contributed by atoms with Gasteiger partial charge in [-0.05, 0) is 19.1 Å². The van der Waals surface area contributed by atoms with Gasteiger partial charge in [0.1, 0.15) is 0 Å². The molecule has 16 heavy (non-hydrogen) atoms. The van der Waals surface area contributed by atoms with E-state index in [2.05, 4.69) is 28.3 Å². The molecule has 0 spiro atoms. The lowest BCUT2D eigenvalue weighted by Gasteiger charge is -2.45. The lowest BCUT2D eigenvalue weighted by molar-refractivity contribution is 0.0576. The second-order valence-electron chi connectivity index (χ2n) is 4.40. The number of rotatable bonds is 2. The van der Waals surface area contributed by atoms with Crippen LogP contribution in [0, 0.1) is 12.3 Å². The molecular formula is C12H23N3S. The van der Waals surface area contributed by atoms with Crippen molar-refractivity contribution >= 4 is 12.6 Å². The van der Waals surface area contributed by atoms with Gasteiger partial charge in [0.2, 0.25) is 0 Å². The van der Waals surface area contributed by atoms with Crippen molar-refractivity contribution in [3.05, 3.63) is 0 Å². The summed E-state index contributed by atoms with van der Waals surface area (Å²) in [6, 6.07) is 1.22. The molecule has 0 radical (unpaired) electrons. The predicted octanol–water partition coefficient (Wildman–Crippen LogP) is 0.273. The van der Waals surface area contributed by atoms with Crippen molar-refractivity contribution in [2.24, 2.45) is 5.73 Å². The third-order valence-electron chi connectivity index (χ3n) is 3.39. The van der Waals surface area contributed by atoms with E-state index < -0.39 is 0 Å². The highest BCUT2D eigenvalue weighted by Crippen LogP contribution is 2.24. The number of terminal acetylenes is 1. The number of hydrogen-bond donors (Lipinski definition) is 2. The number of nitrogens with zero attached hydrogens (tertiary/aromatic N) is 2. The summed E-state index contributed by atoms with van der Waals surface area (Å²) in [6.45, 7) is 5.38. The van der Waals surface area contributed by atoms with Crippen LogP contribution in [0.25, 0.3) is 0 Å². The first kappa shape index (κ1) is 13.9. The molecule has 1 aliphatic carbocycles. The fourth-order valence-electron chi connectivity index (χ4n) is 2.34. The zero-order chi connectivity index (χ0) is 12.0. The lowest BCUT2D eigenvalue weighted by Crippen LogP contribution is -2.56. The standard InChI is InChI=1S/C11H19N3.CH4S/c1-2-3-13-4-6-14(7-5-13)11-8-10(12)9-11;1-2/h1,10-11H,3-9,12H2;2H,1H3. The SMILES string of the molecule is C#CCN1CCN(C2CC(N)C2)CC1.CS. The van der Waals surface area contributed by atoms with Crippen LogP contribution in [0.4, 0.5) is 0 Å². The normalized spacial score (nSPS) is 30.9. The van der Waals surface area contributed by atoms with Gasteiger partial charge in [0.25, 0.3) is 0 Å². The molecule has 1 aliphatic heterocycles. The summed E-state index contributed by atoms with van der Waals surface area (Å²) < 4.78 is 0. The minimum absolute atomic E-state index is 0.462. The first-order valence-corrected chi connectivity index (χ1v) is 6.79. The summed E-state index contributed by atoms with van der Waals surface area (Å²) in [5.74, 6) is 2.70. The van der Waals surface area contributed by atoms with Crippen molar-refractivity contribution in [2.45, 2.75) is 24.9 Å². The molecule has 1 heterocycles. The van der Waals surface area contributed by atoms with E-state index in [-0.39, 0.29) is 0 Å². The van der Waals surface area contributed by atoms with Gasteiger partial charge in [-0.3, -0.25) is 9.80 Å². The molecule has 0 atom stereocenters. The average molecular weight is 241 g/mol. The molecule has 4 heteroatoms. The van der Waals surface area contributed by atoms with E-state index >= 15 is 0 Å². The van der Waals surface area contributed by atoms with E-state index in [0.717, 1.165) is 25.7 Å². The largest absolute Gasteiger partial charge is 0.328 e. The molecule has 1 saturated carbocycles. The summed E-state index contributed by atoms with van der Waals surface area (Å²) in [4.78, 5) is 4.91. The molecule has 3 nitrogen and oxygen atoms in total. The molecule has 0 aromatic carbocycles. The van der Waals surface area contributed by atoms with Crippen LogP contribution < -0.4 is 5.73 Å². The van der Waals surface area contributed by atoms with Gasteiger partial charge in [-0.2, -0.15) is 12.6 Å². The molecule has 2 N–H and O–H groups in total. The van der Waals surface area contributed by atoms with Gasteiger partial charge in [-0.15, -0.1) is 6.42 Å². The highest BCUT2D eigenvalue weighted by molar-refractivity contribution is 7.79. The van der Waals surface area contributed by atoms with Gasteiger partial charge in [-0.1, -0.05) is 5.92 Å². The Morgan fingerprint density at radius 2 is 1.81 bits per heavy atom. The molecule has 2 aliphatic rings. The Hall–Kier alpha value is -0.210. The Labute approximate surface area is 105 Å². The molecule has 0 aromatic rings. The van der Waals surface area contributed by atoms with E-state index in [1.807, 2.05) is 0 Å². The van der Waals surface area contributed by atoms with Crippen LogP contribution in [-0.2, 0) is 0 Å². The highest BCUT2D eigenvalue weighted by atomic mass is 32.1. The van der Waals surface area contributed by atoms with Crippen molar-refractivity contribution in [3.8, 4) is 12.3 Å². The fourth-order valence-corrected chi connectivity index (χ4v) is 2.34. The second kappa shape index (κ2) is 7.18. The third kappa shape index (κ3) is 3.67. The second-order valence-corrected chi connectivity index (χ2v) is 4.40. The minimum atomic E-state index is 0.462. The maximum Gasteiger partial charge on any atom is 0.0599 e. The summed E-state index contributed by atoms with van der Waals surface area (Å²) in [6.07, 6.45) is 9.36. The number of hydrogen-bond acceptors (Lipinski definition) is 4. The predicted molar refractivity (Wildman–Crippen MR) is 72.8 cm³/mol. The van der Waals surface area contributed by atoms with Crippen LogP contribution in [0.5, 0.6) is 0 Å². The van der Waals surface area contributed by atoms with Crippen LogP contribution >= 0.6 is 12.6 Å². The topological polar surface area (TPSA) is 32.5 Å². The molecule has 1 saturated heterocycles. The average Bonchev–Trinajstić information content (AvgIpc) is 2.29. The molecule has 0 amide bonds. The number of thiol groups is 1. The van der Waals surface area contributed by atoms with Crippen LogP contribution in [0.15, 0.2) is 0 Å². The molecule has 2 rings (SSSR count). The van der Waals surface area contributed by atoms with Crippen LogP contribution in [0.1, 0.15) is 12.8 Å². The maximum absolute atomic E-state index is 5.79. The number of piperazine rings is 1. The van der Waals surface area contributed by atoms with Crippen LogP contribution in [0.3, 0.4) is 0 Å². The molecule has 2 fully saturated rings. The zero-order valence-corrected chi connectivity index (χ0v) is 11.0. The van der Waals surface area contributed by atoms with E-state index in [1.165, 1.54) is 25.9 Å². The van der Waals surface area contributed by atoms with Crippen molar-refractivity contribution in [2.75, 3.05) is 39.0 Å². The third-order valence-corrected chi connectivity index (χ3v) is 3.39. The first-order chi connectivity index (χ1) is 7.79. The lowest BCUT2D eigenvalue weighted by atomic mass is 9.86. The molecular weight excluding hydrogens is 218 g/mol. The fraction of sp³-hybridized carbons (Fsp3) is 0.833. The van der Waals surface area contributed by atoms with Crippen LogP contribution in [0.2, 0.25) is 0 Å². The Balaban J connectivity index is 0.000000606. The van der Waals surface area contributed by atoms with Gasteiger partial charge in [-0.25, -0.2) is 0 Å². The van der Waals surface area contributed by atoms with Crippen molar-refractivity contribution in [3.63, 3.8) is 0 Å². The van der Waals surface area contributed by atoms with E-state index in [0.29, 0.717) is 6.04 Å². The van der Waals surface area contributed by atoms with Crippen LogP contribution in [-0.4, -0.2) is 60.9 Å². The van der Waals surface area contributed by atoms with E-state index in [1.54, 1.807) is 6.26 Å². The Morgan fingerprint density at radius 1 is 1.25 bits per heavy atom. The zero-order valence-electron chi connectivity index (χ0n) is 10.1. The van der Waals surface area contributed by atoms with E-state index in [9.17, 15) is 0 Å². The minimum Gasteiger partial charge on any atom is -0.328 e. The van der Waals surface area contributed by atoms with E-state index in [4.69, 9.17) is 12.2 Å². The molecule has 0 unspecified atom stereocenters. The molecule has 0 aromatic heterocycles. The summed E-state index contributed by atoms with van der Waals surface area (Å²) in [7, 11) is 0. The smallest absolute Gasteiger partial charge is 0.0599 e. The maximum atomic E-state index is 5.79. The molecule has 0 bridgehead atoms. The van der Waals surface area contributed by atoms with Crippen molar-refractivity contribution in [1.82, 2.24) is 9.80 Å². The van der Waals surface area contributed by atoms with Gasteiger partial charge in [0.15, 0.2) is 0 Å². The quantitative estimate of drug-likeness (QED) is 0.538. The Morgan fingerprint density at radius 3 is 2.25 bits per heavy atom. The summed E-state index contributed by atoms with van der Waals surface area (Å²) >= 11 is 3.53. The van der Waals surface area contributed by atoms with Gasteiger partial charge >= 0.3 is 0 Å². The Kier molecular flexibility index (Phi) is 6.22. The van der Waals surface area contributed by atoms with Crippen molar-refractivity contribution in [1.29, 1.82) is 0 Å². The number of nitrogens with two attached hydrogens (primary N) is 1. The molecule has 92 valence electrons. The van der Waals surface area contributed by atoms with Gasteiger partial charge < -0.3 is 5.73 Å². The summed E-state index contributed by atoms with van der Waals surface area (Å²) in [5.41, 5.74) is 5.79. The monoisotopic (exact) mass is 241 g/mol. The Bertz CT molecular complexity index is 225.